The number of aliphatic hydroxyl groups excluding tert-OH is 1. The van der Waals surface area contributed by atoms with E-state index in [1.165, 1.54) is 5.69 Å². The van der Waals surface area contributed by atoms with Crippen molar-refractivity contribution >= 4 is 23.7 Å². The minimum atomic E-state index is -0.679. The summed E-state index contributed by atoms with van der Waals surface area (Å²) in [5, 5.41) is 20.0. The Morgan fingerprint density at radius 3 is 2.12 bits per heavy atom. The molecule has 2 atom stereocenters. The largest absolute Gasteiger partial charge is 0.472 e. The van der Waals surface area contributed by atoms with Crippen LogP contribution in [0.15, 0.2) is 91.0 Å². The second kappa shape index (κ2) is 12.2. The molecule has 0 spiro atoms. The van der Waals surface area contributed by atoms with Crippen LogP contribution in [0, 0.1) is 11.3 Å². The molecule has 6 heteroatoms. The third-order valence-corrected chi connectivity index (χ3v) is 5.93. The normalized spacial score (nSPS) is 16.1. The van der Waals surface area contributed by atoms with Crippen molar-refractivity contribution < 1.29 is 9.84 Å². The highest BCUT2D eigenvalue weighted by Gasteiger charge is 2.29. The number of nitrogens with zero attached hydrogens (tertiary/aromatic N) is 3. The molecular weight excluding hydrogens is 446 g/mol. The number of nitriles is 1. The number of anilines is 1. The Kier molecular flexibility index (Phi) is 9.12. The smallest absolute Gasteiger partial charge is 0.178 e. The zero-order valence-electron chi connectivity index (χ0n) is 19.2. The average molecular weight is 476 g/mol. The van der Waals surface area contributed by atoms with Gasteiger partial charge in [-0.15, -0.1) is 12.4 Å². The van der Waals surface area contributed by atoms with E-state index in [-0.39, 0.29) is 12.4 Å². The van der Waals surface area contributed by atoms with Crippen molar-refractivity contribution in [2.24, 2.45) is 0 Å². The molecule has 0 aromatic heterocycles. The van der Waals surface area contributed by atoms with Gasteiger partial charge in [-0.3, -0.25) is 4.90 Å². The van der Waals surface area contributed by atoms with Crippen LogP contribution in [0.25, 0.3) is 5.57 Å². The molecule has 3 aromatic rings. The number of rotatable bonds is 7. The number of allylic oxidation sites excluding steroid dienone is 1. The molecule has 1 saturated heterocycles. The molecule has 1 aliphatic heterocycles. The Hall–Kier alpha value is -3.30. The second-order valence-electron chi connectivity index (χ2n) is 8.16. The van der Waals surface area contributed by atoms with Gasteiger partial charge < -0.3 is 14.7 Å². The molecular formula is C28H30ClN3O2. The van der Waals surface area contributed by atoms with Gasteiger partial charge in [-0.25, -0.2) is 0 Å². The Labute approximate surface area is 207 Å². The number of halogens is 1. The van der Waals surface area contributed by atoms with Crippen molar-refractivity contribution in [1.29, 1.82) is 5.26 Å². The molecule has 2 unspecified atom stereocenters. The van der Waals surface area contributed by atoms with Gasteiger partial charge in [0.05, 0.1) is 6.07 Å². The Balaban J connectivity index is 0.00000324. The van der Waals surface area contributed by atoms with E-state index in [9.17, 15) is 10.4 Å². The van der Waals surface area contributed by atoms with Crippen molar-refractivity contribution in [3.63, 3.8) is 0 Å². The minimum absolute atomic E-state index is 0. The maximum absolute atomic E-state index is 10.6. The van der Waals surface area contributed by atoms with E-state index >= 15 is 0 Å². The topological polar surface area (TPSA) is 59.7 Å². The van der Waals surface area contributed by atoms with Crippen molar-refractivity contribution in [3.8, 4) is 11.8 Å². The summed E-state index contributed by atoms with van der Waals surface area (Å²) in [5.41, 5.74) is 3.79. The van der Waals surface area contributed by atoms with Crippen LogP contribution in [0.4, 0.5) is 5.69 Å². The molecule has 0 radical (unpaired) electrons. The van der Waals surface area contributed by atoms with E-state index in [0.29, 0.717) is 5.75 Å². The lowest BCUT2D eigenvalue weighted by Crippen LogP contribution is -2.55. The van der Waals surface area contributed by atoms with Gasteiger partial charge in [-0.2, -0.15) is 5.26 Å². The molecule has 1 aliphatic rings. The predicted octanol–water partition coefficient (Wildman–Crippen LogP) is 4.97. The second-order valence-corrected chi connectivity index (χ2v) is 8.16. The van der Waals surface area contributed by atoms with E-state index < -0.39 is 12.3 Å². The van der Waals surface area contributed by atoms with Gasteiger partial charge in [0.15, 0.2) is 6.23 Å². The van der Waals surface area contributed by atoms with Crippen molar-refractivity contribution in [2.45, 2.75) is 19.3 Å². The lowest BCUT2D eigenvalue weighted by molar-refractivity contribution is -0.0602. The molecule has 4 rings (SSSR count). The summed E-state index contributed by atoms with van der Waals surface area (Å²) >= 11 is 0. The van der Waals surface area contributed by atoms with E-state index in [4.69, 9.17) is 4.74 Å². The summed E-state index contributed by atoms with van der Waals surface area (Å²) in [6.45, 7) is 5.06. The monoisotopic (exact) mass is 475 g/mol. The van der Waals surface area contributed by atoms with E-state index in [1.807, 2.05) is 60.7 Å². The zero-order valence-corrected chi connectivity index (χ0v) is 20.1. The third kappa shape index (κ3) is 5.98. The van der Waals surface area contributed by atoms with E-state index in [1.54, 1.807) is 13.0 Å². The van der Waals surface area contributed by atoms with Crippen molar-refractivity contribution in [3.05, 3.63) is 102 Å². The van der Waals surface area contributed by atoms with Gasteiger partial charge in [0.2, 0.25) is 0 Å². The zero-order chi connectivity index (χ0) is 23.0. The lowest BCUT2D eigenvalue weighted by Gasteiger charge is -2.41. The van der Waals surface area contributed by atoms with Crippen LogP contribution >= 0.6 is 12.4 Å². The fourth-order valence-corrected chi connectivity index (χ4v) is 4.27. The quantitative estimate of drug-likeness (QED) is 0.489. The molecule has 1 N–H and O–H groups in total. The van der Waals surface area contributed by atoms with Crippen LogP contribution in [0.3, 0.4) is 0 Å². The van der Waals surface area contributed by atoms with Gasteiger partial charge in [-0.1, -0.05) is 66.7 Å². The molecule has 0 bridgehead atoms. The van der Waals surface area contributed by atoms with Gasteiger partial charge in [0.1, 0.15) is 11.9 Å². The van der Waals surface area contributed by atoms with Gasteiger partial charge >= 0.3 is 0 Å². The van der Waals surface area contributed by atoms with Crippen LogP contribution in [0.2, 0.25) is 0 Å². The predicted molar refractivity (Wildman–Crippen MR) is 139 cm³/mol. The molecule has 0 amide bonds. The fourth-order valence-electron chi connectivity index (χ4n) is 4.27. The standard InChI is InChI=1S/C28H29N3O2.ClH/c1-22(32)28(31-20-18-30(19-21-31)24-12-6-3-7-13-24)33-27-15-9-8-14-26(27)25(16-17-29)23-10-4-2-5-11-23;/h2-16,22,28,32H,18-21H2,1H3;1H. The SMILES string of the molecule is CC(O)C(Oc1ccccc1C(=CC#N)c1ccccc1)N1CCN(c2ccccc2)CC1.Cl. The number of ether oxygens (including phenoxy) is 1. The number of para-hydroxylation sites is 2. The van der Waals surface area contributed by atoms with Gasteiger partial charge in [0.25, 0.3) is 0 Å². The highest BCUT2D eigenvalue weighted by Crippen LogP contribution is 2.32. The van der Waals surface area contributed by atoms with Crippen LogP contribution in [-0.4, -0.2) is 48.5 Å². The number of hydrogen-bond acceptors (Lipinski definition) is 5. The third-order valence-electron chi connectivity index (χ3n) is 5.93. The molecule has 0 aliphatic carbocycles. The highest BCUT2D eigenvalue weighted by atomic mass is 35.5. The van der Waals surface area contributed by atoms with Gasteiger partial charge in [-0.05, 0) is 30.7 Å². The molecule has 5 nitrogen and oxygen atoms in total. The molecule has 3 aromatic carbocycles. The molecule has 1 heterocycles. The summed E-state index contributed by atoms with van der Waals surface area (Å²) in [4.78, 5) is 4.55. The average Bonchev–Trinajstić information content (AvgIpc) is 2.87. The van der Waals surface area contributed by atoms with Crippen LogP contribution in [0.5, 0.6) is 5.75 Å². The first kappa shape index (κ1) is 25.3. The number of hydrogen-bond donors (Lipinski definition) is 1. The number of aliphatic hydroxyl groups is 1. The molecule has 1 fully saturated rings. The summed E-state index contributed by atoms with van der Waals surface area (Å²) in [6.07, 6.45) is 0.387. The maximum atomic E-state index is 10.6. The molecule has 34 heavy (non-hydrogen) atoms. The van der Waals surface area contributed by atoms with Crippen LogP contribution < -0.4 is 9.64 Å². The van der Waals surface area contributed by atoms with E-state index in [0.717, 1.165) is 42.9 Å². The molecule has 0 saturated carbocycles. The highest BCUT2D eigenvalue weighted by molar-refractivity contribution is 5.85. The van der Waals surface area contributed by atoms with Crippen molar-refractivity contribution in [2.75, 3.05) is 31.1 Å². The first-order valence-electron chi connectivity index (χ1n) is 11.3. The van der Waals surface area contributed by atoms with E-state index in [2.05, 4.69) is 40.1 Å². The summed E-state index contributed by atoms with van der Waals surface area (Å²) in [6, 6.07) is 30.1. The van der Waals surface area contributed by atoms with Crippen LogP contribution in [0.1, 0.15) is 18.1 Å². The molecule has 176 valence electrons. The minimum Gasteiger partial charge on any atom is -0.472 e. The van der Waals surface area contributed by atoms with Crippen LogP contribution in [-0.2, 0) is 0 Å². The maximum Gasteiger partial charge on any atom is 0.178 e. The Morgan fingerprint density at radius 1 is 0.912 bits per heavy atom. The van der Waals surface area contributed by atoms with Gasteiger partial charge in [0, 0.05) is 49.1 Å². The first-order chi connectivity index (χ1) is 16.2. The lowest BCUT2D eigenvalue weighted by atomic mass is 9.97. The van der Waals surface area contributed by atoms with Crippen molar-refractivity contribution in [1.82, 2.24) is 4.90 Å². The first-order valence-corrected chi connectivity index (χ1v) is 11.3. The Bertz CT molecular complexity index is 1110. The summed E-state index contributed by atoms with van der Waals surface area (Å²) < 4.78 is 6.44. The fraction of sp³-hybridized carbons (Fsp3) is 0.250. The Morgan fingerprint density at radius 2 is 1.50 bits per heavy atom. The number of benzene rings is 3. The number of piperazine rings is 1. The summed E-state index contributed by atoms with van der Waals surface area (Å²) in [5.74, 6) is 0.652. The summed E-state index contributed by atoms with van der Waals surface area (Å²) in [7, 11) is 0.